The number of hydrogen-bond acceptors (Lipinski definition) is 6. The van der Waals surface area contributed by atoms with Gasteiger partial charge in [-0.15, -0.1) is 0 Å². The van der Waals surface area contributed by atoms with Gasteiger partial charge < -0.3 is 10.2 Å². The molecule has 1 fully saturated rings. The van der Waals surface area contributed by atoms with Crippen molar-refractivity contribution in [2.24, 2.45) is 7.05 Å². The van der Waals surface area contributed by atoms with Gasteiger partial charge in [-0.3, -0.25) is 24.2 Å². The molecule has 0 bridgehead atoms. The highest BCUT2D eigenvalue weighted by Gasteiger charge is 2.24. The van der Waals surface area contributed by atoms with Gasteiger partial charge in [0.25, 0.3) is 0 Å². The zero-order valence-corrected chi connectivity index (χ0v) is 12.2. The number of hydrogen-bond donors (Lipinski definition) is 2. The first kappa shape index (κ1) is 14.8. The number of carbonyl (C=O) groups excluding carboxylic acids is 1. The summed E-state index contributed by atoms with van der Waals surface area (Å²) in [6.07, 6.45) is 0. The Hall–Kier alpha value is -1.61. The van der Waals surface area contributed by atoms with Gasteiger partial charge in [-0.1, -0.05) is 11.8 Å². The molecule has 2 heterocycles. The van der Waals surface area contributed by atoms with Gasteiger partial charge in [-0.05, 0) is 6.92 Å². The van der Waals surface area contributed by atoms with Gasteiger partial charge in [0.05, 0.1) is 5.25 Å². The molecule has 8 nitrogen and oxygen atoms in total. The van der Waals surface area contributed by atoms with Crippen LogP contribution in [0.15, 0.2) is 14.7 Å². The summed E-state index contributed by atoms with van der Waals surface area (Å²) in [5, 5.41) is 5.50. The molecule has 1 amide bonds. The number of aryl methyl sites for hydroxylation is 1. The van der Waals surface area contributed by atoms with Gasteiger partial charge in [0.15, 0.2) is 5.16 Å². The molecule has 2 N–H and O–H groups in total. The number of nitrogens with zero attached hydrogens (tertiary/aromatic N) is 3. The maximum absolute atomic E-state index is 12.3. The molecule has 1 saturated heterocycles. The van der Waals surface area contributed by atoms with Crippen LogP contribution in [0.3, 0.4) is 0 Å². The van der Waals surface area contributed by atoms with E-state index in [4.69, 9.17) is 0 Å². The van der Waals surface area contributed by atoms with Crippen LogP contribution in [-0.4, -0.2) is 57.0 Å². The van der Waals surface area contributed by atoms with E-state index in [9.17, 15) is 14.4 Å². The molecular weight excluding hydrogens is 282 g/mol. The van der Waals surface area contributed by atoms with Crippen LogP contribution in [0, 0.1) is 0 Å². The molecule has 1 unspecified atom stereocenters. The Kier molecular flexibility index (Phi) is 4.61. The number of aromatic nitrogens is 3. The van der Waals surface area contributed by atoms with Gasteiger partial charge in [-0.25, -0.2) is 0 Å². The van der Waals surface area contributed by atoms with E-state index in [1.165, 1.54) is 4.68 Å². The summed E-state index contributed by atoms with van der Waals surface area (Å²) in [7, 11) is 1.58. The van der Waals surface area contributed by atoms with E-state index in [1.807, 2.05) is 0 Å². The maximum atomic E-state index is 12.3. The summed E-state index contributed by atoms with van der Waals surface area (Å²) in [4.78, 5) is 40.1. The third kappa shape index (κ3) is 3.28. The molecule has 1 aromatic heterocycles. The molecule has 110 valence electrons. The van der Waals surface area contributed by atoms with E-state index in [0.29, 0.717) is 18.2 Å². The lowest BCUT2D eigenvalue weighted by atomic mass is 10.3. The number of rotatable bonds is 3. The molecular formula is C11H17N5O3S. The summed E-state index contributed by atoms with van der Waals surface area (Å²) >= 11 is 1.16. The lowest BCUT2D eigenvalue weighted by Crippen LogP contribution is -2.48. The second-order valence-electron chi connectivity index (χ2n) is 4.53. The van der Waals surface area contributed by atoms with Crippen LogP contribution in [0.1, 0.15) is 6.92 Å². The van der Waals surface area contributed by atoms with Crippen molar-refractivity contribution >= 4 is 17.7 Å². The van der Waals surface area contributed by atoms with Gasteiger partial charge in [0.2, 0.25) is 5.91 Å². The van der Waals surface area contributed by atoms with Crippen molar-refractivity contribution in [3.05, 3.63) is 20.7 Å². The fourth-order valence-corrected chi connectivity index (χ4v) is 2.82. The van der Waals surface area contributed by atoms with E-state index in [-0.39, 0.29) is 11.2 Å². The minimum Gasteiger partial charge on any atom is -0.339 e. The van der Waals surface area contributed by atoms with E-state index in [0.717, 1.165) is 24.9 Å². The third-order valence-corrected chi connectivity index (χ3v) is 4.14. The standard InChI is InChI=1S/C11H17N5O3S/c1-7(10(19)16-5-3-12-4-6-16)20-11-13-8(17)9(18)14-15(11)2/h7,12H,3-6H2,1-2H3,(H,14,18). The second-order valence-corrected chi connectivity index (χ2v) is 5.84. The van der Waals surface area contributed by atoms with Gasteiger partial charge >= 0.3 is 11.1 Å². The monoisotopic (exact) mass is 299 g/mol. The van der Waals surface area contributed by atoms with Crippen molar-refractivity contribution in [3.63, 3.8) is 0 Å². The Morgan fingerprint density at radius 3 is 2.65 bits per heavy atom. The predicted molar refractivity (Wildman–Crippen MR) is 74.9 cm³/mol. The highest BCUT2D eigenvalue weighted by Crippen LogP contribution is 2.20. The Bertz CT molecular complexity index is 605. The maximum Gasteiger partial charge on any atom is 0.339 e. The molecule has 0 aliphatic carbocycles. The van der Waals surface area contributed by atoms with Crippen molar-refractivity contribution in [2.45, 2.75) is 17.3 Å². The average Bonchev–Trinajstić information content (AvgIpc) is 2.44. The number of nitrogens with one attached hydrogen (secondary N) is 2. The molecule has 20 heavy (non-hydrogen) atoms. The van der Waals surface area contributed by atoms with Crippen molar-refractivity contribution in [1.82, 2.24) is 25.0 Å². The lowest BCUT2D eigenvalue weighted by Gasteiger charge is -2.29. The predicted octanol–water partition coefficient (Wildman–Crippen LogP) is -1.62. The van der Waals surface area contributed by atoms with Crippen molar-refractivity contribution < 1.29 is 4.79 Å². The third-order valence-electron chi connectivity index (χ3n) is 3.01. The lowest BCUT2D eigenvalue weighted by molar-refractivity contribution is -0.130. The van der Waals surface area contributed by atoms with Crippen molar-refractivity contribution in [3.8, 4) is 0 Å². The van der Waals surface area contributed by atoms with Crippen molar-refractivity contribution in [2.75, 3.05) is 26.2 Å². The molecule has 0 aromatic carbocycles. The van der Waals surface area contributed by atoms with E-state index < -0.39 is 11.1 Å². The second kappa shape index (κ2) is 6.23. The molecule has 2 rings (SSSR count). The van der Waals surface area contributed by atoms with Crippen LogP contribution < -0.4 is 16.4 Å². The highest BCUT2D eigenvalue weighted by atomic mass is 32.2. The summed E-state index contributed by atoms with van der Waals surface area (Å²) in [5.74, 6) is 0.0111. The number of H-pyrrole nitrogens is 1. The zero-order valence-electron chi connectivity index (χ0n) is 11.4. The molecule has 0 saturated carbocycles. The zero-order chi connectivity index (χ0) is 14.7. The molecule has 0 radical (unpaired) electrons. The average molecular weight is 299 g/mol. The van der Waals surface area contributed by atoms with E-state index in [1.54, 1.807) is 18.9 Å². The smallest absolute Gasteiger partial charge is 0.339 e. The van der Waals surface area contributed by atoms with Crippen LogP contribution in [0.5, 0.6) is 0 Å². The SMILES string of the molecule is CC(Sc1nc(=O)c(=O)[nH]n1C)C(=O)N1CCNCC1. The molecule has 1 atom stereocenters. The number of carbonyl (C=O) groups is 1. The number of piperazine rings is 1. The Labute approximate surface area is 119 Å². The minimum atomic E-state index is -0.840. The molecule has 1 aliphatic heterocycles. The van der Waals surface area contributed by atoms with Crippen LogP contribution in [0.25, 0.3) is 0 Å². The number of thioether (sulfide) groups is 1. The Morgan fingerprint density at radius 2 is 2.00 bits per heavy atom. The topological polar surface area (TPSA) is 100 Å². The van der Waals surface area contributed by atoms with Crippen LogP contribution in [0.4, 0.5) is 0 Å². The minimum absolute atomic E-state index is 0.0111. The van der Waals surface area contributed by atoms with E-state index >= 15 is 0 Å². The quantitative estimate of drug-likeness (QED) is 0.514. The fraction of sp³-hybridized carbons (Fsp3) is 0.636. The Morgan fingerprint density at radius 1 is 1.35 bits per heavy atom. The largest absolute Gasteiger partial charge is 0.339 e. The summed E-state index contributed by atoms with van der Waals surface area (Å²) in [6, 6.07) is 0. The van der Waals surface area contributed by atoms with Crippen molar-refractivity contribution in [1.29, 1.82) is 0 Å². The van der Waals surface area contributed by atoms with Gasteiger partial charge in [-0.2, -0.15) is 4.98 Å². The fourth-order valence-electron chi connectivity index (χ4n) is 1.92. The first-order valence-electron chi connectivity index (χ1n) is 6.32. The highest BCUT2D eigenvalue weighted by molar-refractivity contribution is 8.00. The summed E-state index contributed by atoms with van der Waals surface area (Å²) in [6.45, 7) is 4.72. The summed E-state index contributed by atoms with van der Waals surface area (Å²) in [5.41, 5.74) is -1.61. The van der Waals surface area contributed by atoms with Crippen LogP contribution >= 0.6 is 11.8 Å². The molecule has 1 aliphatic rings. The van der Waals surface area contributed by atoms with Gasteiger partial charge in [0, 0.05) is 33.2 Å². The van der Waals surface area contributed by atoms with Crippen LogP contribution in [0.2, 0.25) is 0 Å². The number of amides is 1. The normalized spacial score (nSPS) is 17.0. The molecule has 0 spiro atoms. The van der Waals surface area contributed by atoms with E-state index in [2.05, 4.69) is 15.4 Å². The number of aromatic amines is 1. The first-order valence-corrected chi connectivity index (χ1v) is 7.20. The molecule has 9 heteroatoms. The molecule has 1 aromatic rings. The summed E-state index contributed by atoms with van der Waals surface area (Å²) < 4.78 is 1.36. The Balaban J connectivity index is 2.09. The first-order chi connectivity index (χ1) is 9.49. The van der Waals surface area contributed by atoms with Gasteiger partial charge in [0.1, 0.15) is 0 Å². The van der Waals surface area contributed by atoms with Crippen LogP contribution in [-0.2, 0) is 11.8 Å².